The molecule has 3 aromatic rings. The quantitative estimate of drug-likeness (QED) is 0.784. The molecule has 104 valence electrons. The Bertz CT molecular complexity index is 714. The second-order valence-electron chi connectivity index (χ2n) is 4.86. The van der Waals surface area contributed by atoms with E-state index in [1.807, 2.05) is 24.8 Å². The van der Waals surface area contributed by atoms with Crippen LogP contribution in [0.4, 0.5) is 0 Å². The van der Waals surface area contributed by atoms with Crippen LogP contribution in [0.3, 0.4) is 0 Å². The first kappa shape index (κ1) is 13.3. The van der Waals surface area contributed by atoms with Crippen molar-refractivity contribution in [3.05, 3.63) is 46.2 Å². The molecule has 3 heterocycles. The molecule has 0 amide bonds. The zero-order valence-corrected chi connectivity index (χ0v) is 12.6. The summed E-state index contributed by atoms with van der Waals surface area (Å²) < 4.78 is 2.25. The molecule has 0 spiro atoms. The second kappa shape index (κ2) is 5.73. The highest BCUT2D eigenvalue weighted by molar-refractivity contribution is 7.09. The predicted octanol–water partition coefficient (Wildman–Crippen LogP) is 2.76. The molecular formula is C15H18N4S. The number of thiazole rings is 1. The summed E-state index contributed by atoms with van der Waals surface area (Å²) >= 11 is 1.73. The fourth-order valence-corrected chi connectivity index (χ4v) is 3.26. The Morgan fingerprint density at radius 2 is 2.25 bits per heavy atom. The molecule has 0 unspecified atom stereocenters. The van der Waals surface area contributed by atoms with Crippen LogP contribution in [0.25, 0.3) is 11.0 Å². The Hall–Kier alpha value is -1.72. The van der Waals surface area contributed by atoms with Gasteiger partial charge >= 0.3 is 0 Å². The minimum absolute atomic E-state index is 0.870. The zero-order chi connectivity index (χ0) is 13.9. The van der Waals surface area contributed by atoms with Gasteiger partial charge in [0.15, 0.2) is 0 Å². The van der Waals surface area contributed by atoms with Crippen molar-refractivity contribution in [2.24, 2.45) is 0 Å². The number of rotatable bonds is 5. The van der Waals surface area contributed by atoms with Crippen LogP contribution in [0.15, 0.2) is 30.0 Å². The molecule has 4 nitrogen and oxygen atoms in total. The lowest BCUT2D eigenvalue weighted by atomic mass is 10.2. The molecule has 0 aliphatic heterocycles. The van der Waals surface area contributed by atoms with Crippen LogP contribution >= 0.6 is 11.3 Å². The standard InChI is InChI=1S/C15H18N4S/c1-11-14(20-10-18-11)5-7-19-9-12(8-16-2)13-4-3-6-17-15(13)19/h3-4,6,9-10,16H,5,7-8H2,1-2H3. The normalized spacial score (nSPS) is 11.3. The first-order valence-electron chi connectivity index (χ1n) is 6.76. The van der Waals surface area contributed by atoms with Crippen LogP contribution in [0, 0.1) is 6.92 Å². The van der Waals surface area contributed by atoms with E-state index >= 15 is 0 Å². The monoisotopic (exact) mass is 286 g/mol. The van der Waals surface area contributed by atoms with Crippen molar-refractivity contribution >= 4 is 22.4 Å². The van der Waals surface area contributed by atoms with Gasteiger partial charge in [-0.2, -0.15) is 0 Å². The molecule has 0 saturated carbocycles. The Morgan fingerprint density at radius 1 is 1.35 bits per heavy atom. The van der Waals surface area contributed by atoms with Crippen LogP contribution in [-0.4, -0.2) is 21.6 Å². The third kappa shape index (κ3) is 2.46. The van der Waals surface area contributed by atoms with E-state index in [1.54, 1.807) is 11.3 Å². The first-order valence-corrected chi connectivity index (χ1v) is 7.64. The van der Waals surface area contributed by atoms with Crippen molar-refractivity contribution in [2.75, 3.05) is 7.05 Å². The van der Waals surface area contributed by atoms with Crippen LogP contribution < -0.4 is 5.32 Å². The lowest BCUT2D eigenvalue weighted by molar-refractivity contribution is 0.712. The van der Waals surface area contributed by atoms with Gasteiger partial charge in [0.1, 0.15) is 5.65 Å². The summed E-state index contributed by atoms with van der Waals surface area (Å²) in [5.74, 6) is 0. The Kier molecular flexibility index (Phi) is 3.80. The fraction of sp³-hybridized carbons (Fsp3) is 0.333. The molecule has 20 heavy (non-hydrogen) atoms. The van der Waals surface area contributed by atoms with E-state index in [2.05, 4.69) is 39.0 Å². The summed E-state index contributed by atoms with van der Waals surface area (Å²) in [4.78, 5) is 10.2. The highest BCUT2D eigenvalue weighted by Crippen LogP contribution is 2.21. The Labute approximate surface area is 122 Å². The summed E-state index contributed by atoms with van der Waals surface area (Å²) in [5.41, 5.74) is 5.44. The van der Waals surface area contributed by atoms with E-state index in [-0.39, 0.29) is 0 Å². The molecule has 3 rings (SSSR count). The maximum atomic E-state index is 4.53. The van der Waals surface area contributed by atoms with Crippen LogP contribution in [0.5, 0.6) is 0 Å². The second-order valence-corrected chi connectivity index (χ2v) is 5.80. The van der Waals surface area contributed by atoms with Gasteiger partial charge in [-0.3, -0.25) is 0 Å². The molecule has 5 heteroatoms. The van der Waals surface area contributed by atoms with Gasteiger partial charge in [-0.15, -0.1) is 11.3 Å². The van der Waals surface area contributed by atoms with E-state index in [0.717, 1.165) is 30.9 Å². The molecule has 0 radical (unpaired) electrons. The van der Waals surface area contributed by atoms with Crippen molar-refractivity contribution in [3.8, 4) is 0 Å². The average Bonchev–Trinajstić information content (AvgIpc) is 3.02. The minimum Gasteiger partial charge on any atom is -0.332 e. The molecule has 0 bridgehead atoms. The van der Waals surface area contributed by atoms with Gasteiger partial charge in [-0.25, -0.2) is 9.97 Å². The molecule has 0 saturated heterocycles. The minimum atomic E-state index is 0.870. The van der Waals surface area contributed by atoms with Gasteiger partial charge < -0.3 is 9.88 Å². The number of nitrogens with one attached hydrogen (secondary N) is 1. The Morgan fingerprint density at radius 3 is 3.00 bits per heavy atom. The largest absolute Gasteiger partial charge is 0.332 e. The third-order valence-electron chi connectivity index (χ3n) is 3.51. The lowest BCUT2D eigenvalue weighted by Gasteiger charge is -2.03. The van der Waals surface area contributed by atoms with Gasteiger partial charge in [-0.05, 0) is 31.7 Å². The van der Waals surface area contributed by atoms with Crippen molar-refractivity contribution in [3.63, 3.8) is 0 Å². The molecule has 0 aliphatic rings. The Balaban J connectivity index is 1.89. The smallest absolute Gasteiger partial charge is 0.140 e. The van der Waals surface area contributed by atoms with Crippen molar-refractivity contribution in [1.82, 2.24) is 19.9 Å². The lowest BCUT2D eigenvalue weighted by Crippen LogP contribution is -2.04. The summed E-state index contributed by atoms with van der Waals surface area (Å²) in [6.45, 7) is 3.89. The summed E-state index contributed by atoms with van der Waals surface area (Å²) in [7, 11) is 1.97. The molecular weight excluding hydrogens is 268 g/mol. The van der Waals surface area contributed by atoms with E-state index < -0.39 is 0 Å². The first-order chi connectivity index (χ1) is 9.79. The van der Waals surface area contributed by atoms with Crippen LogP contribution in [-0.2, 0) is 19.5 Å². The van der Waals surface area contributed by atoms with Gasteiger partial charge in [-0.1, -0.05) is 0 Å². The molecule has 3 aromatic heterocycles. The maximum absolute atomic E-state index is 4.53. The maximum Gasteiger partial charge on any atom is 0.140 e. The average molecular weight is 286 g/mol. The summed E-state index contributed by atoms with van der Waals surface area (Å²) in [6.07, 6.45) is 5.08. The number of aryl methyl sites for hydroxylation is 3. The van der Waals surface area contributed by atoms with E-state index in [9.17, 15) is 0 Å². The highest BCUT2D eigenvalue weighted by atomic mass is 32.1. The van der Waals surface area contributed by atoms with Gasteiger partial charge in [0.2, 0.25) is 0 Å². The predicted molar refractivity (Wildman–Crippen MR) is 83.1 cm³/mol. The van der Waals surface area contributed by atoms with Crippen LogP contribution in [0.2, 0.25) is 0 Å². The van der Waals surface area contributed by atoms with Crippen molar-refractivity contribution < 1.29 is 0 Å². The van der Waals surface area contributed by atoms with Crippen molar-refractivity contribution in [1.29, 1.82) is 0 Å². The summed E-state index contributed by atoms with van der Waals surface area (Å²) in [6, 6.07) is 4.14. The molecule has 0 aliphatic carbocycles. The molecule has 0 atom stereocenters. The topological polar surface area (TPSA) is 42.7 Å². The zero-order valence-electron chi connectivity index (χ0n) is 11.8. The molecule has 0 fully saturated rings. The van der Waals surface area contributed by atoms with E-state index in [4.69, 9.17) is 0 Å². The third-order valence-corrected chi connectivity index (χ3v) is 4.50. The number of hydrogen-bond acceptors (Lipinski definition) is 4. The van der Waals surface area contributed by atoms with E-state index in [0.29, 0.717) is 0 Å². The highest BCUT2D eigenvalue weighted by Gasteiger charge is 2.09. The number of hydrogen-bond donors (Lipinski definition) is 1. The number of pyridine rings is 1. The van der Waals surface area contributed by atoms with Gasteiger partial charge in [0.05, 0.1) is 11.2 Å². The van der Waals surface area contributed by atoms with Gasteiger partial charge in [0.25, 0.3) is 0 Å². The number of aromatic nitrogens is 3. The number of nitrogens with zero attached hydrogens (tertiary/aromatic N) is 3. The molecule has 1 N–H and O–H groups in total. The van der Waals surface area contributed by atoms with Crippen LogP contribution in [0.1, 0.15) is 16.1 Å². The van der Waals surface area contributed by atoms with E-state index in [1.165, 1.54) is 15.8 Å². The SMILES string of the molecule is CNCc1cn(CCc2scnc2C)c2ncccc12. The van der Waals surface area contributed by atoms with Gasteiger partial charge in [0, 0.05) is 42.2 Å². The number of fused-ring (bicyclic) bond motifs is 1. The molecule has 0 aromatic carbocycles. The van der Waals surface area contributed by atoms with Crippen molar-refractivity contribution in [2.45, 2.75) is 26.4 Å². The summed E-state index contributed by atoms with van der Waals surface area (Å²) in [5, 5.41) is 4.46. The fourth-order valence-electron chi connectivity index (χ4n) is 2.49.